The van der Waals surface area contributed by atoms with E-state index in [4.69, 9.17) is 4.42 Å². The molecule has 0 amide bonds. The number of nitrogens with zero attached hydrogens (tertiary/aromatic N) is 1. The molecule has 3 heteroatoms. The molecule has 1 aromatic carbocycles. The highest BCUT2D eigenvalue weighted by molar-refractivity contribution is 5.29. The quantitative estimate of drug-likeness (QED) is 0.913. The number of benzene rings is 1. The monoisotopic (exact) mass is 282 g/mol. The second-order valence-corrected chi connectivity index (χ2v) is 6.25. The molecule has 0 unspecified atom stereocenters. The van der Waals surface area contributed by atoms with E-state index in [-0.39, 0.29) is 0 Å². The number of furan rings is 1. The normalized spacial score (nSPS) is 18.7. The molecule has 1 aromatic heterocycles. The molecular weight excluding hydrogens is 260 g/mol. The highest BCUT2D eigenvalue weighted by atomic mass is 16.3. The Labute approximate surface area is 126 Å². The van der Waals surface area contributed by atoms with Crippen molar-refractivity contribution in [1.29, 1.82) is 0 Å². The third-order valence-electron chi connectivity index (χ3n) is 4.45. The van der Waals surface area contributed by atoms with Gasteiger partial charge in [0, 0.05) is 19.1 Å². The number of fused-ring (bicyclic) bond motifs is 1. The van der Waals surface area contributed by atoms with Crippen molar-refractivity contribution in [2.45, 2.75) is 44.9 Å². The van der Waals surface area contributed by atoms with E-state index in [1.54, 1.807) is 0 Å². The molecule has 0 bridgehead atoms. The van der Waals surface area contributed by atoms with E-state index in [2.05, 4.69) is 46.6 Å². The predicted octanol–water partition coefficient (Wildman–Crippen LogP) is 3.09. The van der Waals surface area contributed by atoms with E-state index in [1.807, 2.05) is 0 Å². The largest absolute Gasteiger partial charge is 0.463 e. The Balaban J connectivity index is 1.35. The molecule has 0 atom stereocenters. The van der Waals surface area contributed by atoms with Crippen LogP contribution in [-0.4, -0.2) is 17.5 Å². The zero-order valence-corrected chi connectivity index (χ0v) is 12.3. The van der Waals surface area contributed by atoms with E-state index >= 15 is 0 Å². The van der Waals surface area contributed by atoms with E-state index < -0.39 is 0 Å². The van der Waals surface area contributed by atoms with Gasteiger partial charge in [0.05, 0.1) is 13.1 Å². The van der Waals surface area contributed by atoms with Gasteiger partial charge in [-0.15, -0.1) is 0 Å². The maximum absolute atomic E-state index is 5.95. The Morgan fingerprint density at radius 3 is 2.71 bits per heavy atom. The van der Waals surface area contributed by atoms with Gasteiger partial charge in [-0.1, -0.05) is 24.3 Å². The van der Waals surface area contributed by atoms with Crippen LogP contribution >= 0.6 is 0 Å². The smallest absolute Gasteiger partial charge is 0.118 e. The van der Waals surface area contributed by atoms with Gasteiger partial charge >= 0.3 is 0 Å². The van der Waals surface area contributed by atoms with Crippen molar-refractivity contribution in [3.63, 3.8) is 0 Å². The third kappa shape index (κ3) is 3.20. The number of nitrogens with one attached hydrogen (secondary N) is 1. The zero-order valence-electron chi connectivity index (χ0n) is 12.3. The van der Waals surface area contributed by atoms with E-state index in [1.165, 1.54) is 24.0 Å². The first-order valence-corrected chi connectivity index (χ1v) is 7.97. The Morgan fingerprint density at radius 1 is 1.05 bits per heavy atom. The van der Waals surface area contributed by atoms with E-state index in [9.17, 15) is 0 Å². The van der Waals surface area contributed by atoms with E-state index in [0.717, 1.165) is 50.2 Å². The molecule has 2 aliphatic rings. The summed E-state index contributed by atoms with van der Waals surface area (Å²) in [4.78, 5) is 2.47. The Bertz CT molecular complexity index is 615. The number of hydrogen-bond acceptors (Lipinski definition) is 3. The Hall–Kier alpha value is -1.58. The van der Waals surface area contributed by atoms with Crippen LogP contribution in [0.3, 0.4) is 0 Å². The summed E-state index contributed by atoms with van der Waals surface area (Å²) in [5.41, 5.74) is 2.97. The van der Waals surface area contributed by atoms with Crippen molar-refractivity contribution in [3.05, 3.63) is 59.0 Å². The lowest BCUT2D eigenvalue weighted by atomic mass is 10.00. The van der Waals surface area contributed by atoms with Gasteiger partial charge in [0.1, 0.15) is 11.5 Å². The first-order chi connectivity index (χ1) is 10.4. The fourth-order valence-electron chi connectivity index (χ4n) is 3.04. The highest BCUT2D eigenvalue weighted by Crippen LogP contribution is 2.22. The molecule has 0 saturated heterocycles. The first kappa shape index (κ1) is 13.1. The fraction of sp³-hybridized carbons (Fsp3) is 0.444. The summed E-state index contributed by atoms with van der Waals surface area (Å²) in [5.74, 6) is 2.15. The summed E-state index contributed by atoms with van der Waals surface area (Å²) in [6, 6.07) is 13.7. The van der Waals surface area contributed by atoms with Crippen LogP contribution in [0.25, 0.3) is 0 Å². The standard InChI is InChI=1S/C18H22N2O/c1-2-4-15-12-20(10-9-14(15)3-1)13-18-8-7-17(21-18)11-19-16-5-6-16/h1-4,7-8,16,19H,5-6,9-13H2. The Kier molecular flexibility index (Phi) is 3.53. The lowest BCUT2D eigenvalue weighted by molar-refractivity contribution is 0.223. The van der Waals surface area contributed by atoms with Crippen LogP contribution in [0.5, 0.6) is 0 Å². The molecule has 1 aliphatic heterocycles. The molecule has 0 radical (unpaired) electrons. The fourth-order valence-corrected chi connectivity index (χ4v) is 3.04. The van der Waals surface area contributed by atoms with Crippen molar-refractivity contribution >= 4 is 0 Å². The minimum atomic E-state index is 0.733. The zero-order chi connectivity index (χ0) is 14.1. The van der Waals surface area contributed by atoms with Gasteiger partial charge < -0.3 is 9.73 Å². The molecule has 110 valence electrons. The number of hydrogen-bond donors (Lipinski definition) is 1. The van der Waals surface area contributed by atoms with E-state index in [0.29, 0.717) is 0 Å². The van der Waals surface area contributed by atoms with Crippen LogP contribution < -0.4 is 5.32 Å². The maximum atomic E-state index is 5.95. The second kappa shape index (κ2) is 5.66. The van der Waals surface area contributed by atoms with Gasteiger partial charge in [-0.3, -0.25) is 4.90 Å². The van der Waals surface area contributed by atoms with Crippen LogP contribution in [-0.2, 0) is 26.1 Å². The third-order valence-corrected chi connectivity index (χ3v) is 4.45. The summed E-state index contributed by atoms with van der Waals surface area (Å²) in [6.07, 6.45) is 3.79. The van der Waals surface area contributed by atoms with Gasteiger partial charge in [0.25, 0.3) is 0 Å². The lowest BCUT2D eigenvalue weighted by Crippen LogP contribution is -2.29. The van der Waals surface area contributed by atoms with Crippen LogP contribution in [0.15, 0.2) is 40.8 Å². The molecule has 1 aliphatic carbocycles. The van der Waals surface area contributed by atoms with Gasteiger partial charge in [-0.25, -0.2) is 0 Å². The van der Waals surface area contributed by atoms with Crippen LogP contribution in [0.2, 0.25) is 0 Å². The maximum Gasteiger partial charge on any atom is 0.118 e. The predicted molar refractivity (Wildman–Crippen MR) is 82.8 cm³/mol. The molecule has 21 heavy (non-hydrogen) atoms. The van der Waals surface area contributed by atoms with Crippen molar-refractivity contribution in [2.24, 2.45) is 0 Å². The molecular formula is C18H22N2O. The lowest BCUT2D eigenvalue weighted by Gasteiger charge is -2.27. The van der Waals surface area contributed by atoms with Crippen molar-refractivity contribution in [3.8, 4) is 0 Å². The summed E-state index contributed by atoms with van der Waals surface area (Å²) in [5, 5.41) is 3.50. The average molecular weight is 282 g/mol. The summed E-state index contributed by atoms with van der Waals surface area (Å²) in [6.45, 7) is 3.94. The number of rotatable bonds is 5. The van der Waals surface area contributed by atoms with Crippen molar-refractivity contribution in [2.75, 3.05) is 6.54 Å². The second-order valence-electron chi connectivity index (χ2n) is 6.25. The first-order valence-electron chi connectivity index (χ1n) is 7.97. The SMILES string of the molecule is c1ccc2c(c1)CCN(Cc1ccc(CNC3CC3)o1)C2. The Morgan fingerprint density at radius 2 is 1.86 bits per heavy atom. The summed E-state index contributed by atoms with van der Waals surface area (Å²) >= 11 is 0. The highest BCUT2D eigenvalue weighted by Gasteiger charge is 2.21. The van der Waals surface area contributed by atoms with Crippen LogP contribution in [0.1, 0.15) is 35.5 Å². The molecule has 2 aromatic rings. The molecule has 2 heterocycles. The molecule has 1 N–H and O–H groups in total. The van der Waals surface area contributed by atoms with Gasteiger partial charge in [-0.2, -0.15) is 0 Å². The van der Waals surface area contributed by atoms with Crippen molar-refractivity contribution in [1.82, 2.24) is 10.2 Å². The summed E-state index contributed by atoms with van der Waals surface area (Å²) < 4.78 is 5.95. The molecule has 3 nitrogen and oxygen atoms in total. The van der Waals surface area contributed by atoms with Crippen LogP contribution in [0.4, 0.5) is 0 Å². The molecule has 4 rings (SSSR count). The summed E-state index contributed by atoms with van der Waals surface area (Å²) in [7, 11) is 0. The average Bonchev–Trinajstić information content (AvgIpc) is 3.25. The minimum Gasteiger partial charge on any atom is -0.463 e. The van der Waals surface area contributed by atoms with Crippen LogP contribution in [0, 0.1) is 0 Å². The molecule has 1 saturated carbocycles. The van der Waals surface area contributed by atoms with Gasteiger partial charge in [0.2, 0.25) is 0 Å². The molecule has 0 spiro atoms. The van der Waals surface area contributed by atoms with Crippen molar-refractivity contribution < 1.29 is 4.42 Å². The van der Waals surface area contributed by atoms with Gasteiger partial charge in [-0.05, 0) is 42.5 Å². The van der Waals surface area contributed by atoms with Gasteiger partial charge in [0.15, 0.2) is 0 Å². The topological polar surface area (TPSA) is 28.4 Å². The molecule has 1 fully saturated rings. The minimum absolute atomic E-state index is 0.733.